The van der Waals surface area contributed by atoms with Crippen molar-refractivity contribution in [2.45, 2.75) is 33.3 Å². The molecule has 0 spiro atoms. The van der Waals surface area contributed by atoms with E-state index in [9.17, 15) is 9.50 Å². The Kier molecular flexibility index (Phi) is 4.75. The first-order valence-corrected chi connectivity index (χ1v) is 5.91. The summed E-state index contributed by atoms with van der Waals surface area (Å²) in [6.07, 6.45) is 0.186. The number of aliphatic hydroxyl groups excluding tert-OH is 1. The maximum absolute atomic E-state index is 13.1. The van der Waals surface area contributed by atoms with Crippen LogP contribution in [0.1, 0.15) is 26.3 Å². The topological polar surface area (TPSA) is 20.2 Å². The summed E-state index contributed by atoms with van der Waals surface area (Å²) in [6, 6.07) is 4.35. The lowest BCUT2D eigenvalue weighted by Gasteiger charge is -2.24. The summed E-state index contributed by atoms with van der Waals surface area (Å²) in [5.41, 5.74) is 0.765. The summed E-state index contributed by atoms with van der Waals surface area (Å²) >= 11 is 6.00. The lowest BCUT2D eigenvalue weighted by molar-refractivity contribution is 0.0976. The summed E-state index contributed by atoms with van der Waals surface area (Å²) in [5.74, 6) is 0.145. The molecule has 0 aromatic heterocycles. The Balaban J connectivity index is 2.89. The summed E-state index contributed by atoms with van der Waals surface area (Å²) in [5, 5.41) is 10.2. The van der Waals surface area contributed by atoms with Gasteiger partial charge < -0.3 is 5.11 Å². The molecule has 1 nitrogen and oxygen atoms in total. The van der Waals surface area contributed by atoms with Gasteiger partial charge >= 0.3 is 0 Å². The quantitative estimate of drug-likeness (QED) is 0.857. The van der Waals surface area contributed by atoms with Crippen LogP contribution >= 0.6 is 11.6 Å². The molecule has 0 aliphatic rings. The van der Waals surface area contributed by atoms with E-state index < -0.39 is 6.10 Å². The maximum atomic E-state index is 13.1. The van der Waals surface area contributed by atoms with E-state index in [-0.39, 0.29) is 11.7 Å². The zero-order valence-electron chi connectivity index (χ0n) is 9.87. The molecule has 0 aliphatic heterocycles. The lowest BCUT2D eigenvalue weighted by atomic mass is 9.85. The SMILES string of the molecule is CC(C)C(Cc1cc(F)ccc1Cl)C(C)O. The molecular formula is C13H18ClFO. The van der Waals surface area contributed by atoms with Gasteiger partial charge in [-0.1, -0.05) is 25.4 Å². The van der Waals surface area contributed by atoms with Crippen LogP contribution in [0.4, 0.5) is 4.39 Å². The van der Waals surface area contributed by atoms with Crippen LogP contribution < -0.4 is 0 Å². The third-order valence-corrected chi connectivity index (χ3v) is 3.31. The van der Waals surface area contributed by atoms with Gasteiger partial charge in [0.15, 0.2) is 0 Å². The Morgan fingerprint density at radius 1 is 1.31 bits per heavy atom. The number of hydrogen-bond donors (Lipinski definition) is 1. The van der Waals surface area contributed by atoms with Crippen molar-refractivity contribution in [3.63, 3.8) is 0 Å². The third-order valence-electron chi connectivity index (χ3n) is 2.94. The van der Waals surface area contributed by atoms with Gasteiger partial charge in [0, 0.05) is 5.02 Å². The van der Waals surface area contributed by atoms with E-state index in [1.807, 2.05) is 13.8 Å². The largest absolute Gasteiger partial charge is 0.393 e. The molecule has 1 N–H and O–H groups in total. The predicted octanol–water partition coefficient (Wildman–Crippen LogP) is 3.67. The van der Waals surface area contributed by atoms with Crippen LogP contribution in [0, 0.1) is 17.7 Å². The van der Waals surface area contributed by atoms with Crippen LogP contribution in [0.2, 0.25) is 5.02 Å². The van der Waals surface area contributed by atoms with Gasteiger partial charge in [-0.05, 0) is 48.9 Å². The van der Waals surface area contributed by atoms with E-state index in [1.54, 1.807) is 13.0 Å². The van der Waals surface area contributed by atoms with Crippen LogP contribution in [0.15, 0.2) is 18.2 Å². The molecule has 16 heavy (non-hydrogen) atoms. The third kappa shape index (κ3) is 3.46. The molecule has 1 rings (SSSR count). The fourth-order valence-electron chi connectivity index (χ4n) is 1.92. The molecule has 0 aliphatic carbocycles. The molecular weight excluding hydrogens is 227 g/mol. The first-order chi connectivity index (χ1) is 7.41. The van der Waals surface area contributed by atoms with E-state index in [0.29, 0.717) is 17.4 Å². The van der Waals surface area contributed by atoms with Crippen LogP contribution in [0.3, 0.4) is 0 Å². The van der Waals surface area contributed by atoms with E-state index in [2.05, 4.69) is 0 Å². The fourth-order valence-corrected chi connectivity index (χ4v) is 2.11. The normalized spacial score (nSPS) is 15.2. The molecule has 0 radical (unpaired) electrons. The van der Waals surface area contributed by atoms with Crippen molar-refractivity contribution in [2.75, 3.05) is 0 Å². The first kappa shape index (κ1) is 13.5. The molecule has 90 valence electrons. The summed E-state index contributed by atoms with van der Waals surface area (Å²) in [7, 11) is 0. The molecule has 0 amide bonds. The summed E-state index contributed by atoms with van der Waals surface area (Å²) in [4.78, 5) is 0. The van der Waals surface area contributed by atoms with Gasteiger partial charge in [0.05, 0.1) is 6.10 Å². The number of hydrogen-bond acceptors (Lipinski definition) is 1. The highest BCUT2D eigenvalue weighted by atomic mass is 35.5. The Bertz CT molecular complexity index is 342. The van der Waals surface area contributed by atoms with Gasteiger partial charge in [0.25, 0.3) is 0 Å². The molecule has 0 fully saturated rings. The van der Waals surface area contributed by atoms with Crippen LogP contribution in [0.5, 0.6) is 0 Å². The Hall–Kier alpha value is -0.600. The highest BCUT2D eigenvalue weighted by Gasteiger charge is 2.20. The van der Waals surface area contributed by atoms with Gasteiger partial charge in [-0.3, -0.25) is 0 Å². The molecule has 0 saturated heterocycles. The van der Waals surface area contributed by atoms with Gasteiger partial charge in [-0.25, -0.2) is 4.39 Å². The Labute approximate surface area is 101 Å². The second-order valence-electron chi connectivity index (χ2n) is 4.59. The van der Waals surface area contributed by atoms with Crippen molar-refractivity contribution in [1.82, 2.24) is 0 Å². The number of halogens is 2. The molecule has 2 unspecified atom stereocenters. The number of aliphatic hydroxyl groups is 1. The minimum Gasteiger partial charge on any atom is -0.393 e. The maximum Gasteiger partial charge on any atom is 0.123 e. The average Bonchev–Trinajstić information content (AvgIpc) is 2.18. The van der Waals surface area contributed by atoms with Gasteiger partial charge in [0.1, 0.15) is 5.82 Å². The lowest BCUT2D eigenvalue weighted by Crippen LogP contribution is -2.24. The minimum atomic E-state index is -0.417. The highest BCUT2D eigenvalue weighted by Crippen LogP contribution is 2.25. The number of benzene rings is 1. The minimum absolute atomic E-state index is 0.0966. The van der Waals surface area contributed by atoms with Crippen molar-refractivity contribution >= 4 is 11.6 Å². The molecule has 2 atom stereocenters. The first-order valence-electron chi connectivity index (χ1n) is 5.53. The van der Waals surface area contributed by atoms with Crippen molar-refractivity contribution in [2.24, 2.45) is 11.8 Å². The fraction of sp³-hybridized carbons (Fsp3) is 0.538. The Morgan fingerprint density at radius 2 is 1.94 bits per heavy atom. The van der Waals surface area contributed by atoms with Crippen molar-refractivity contribution < 1.29 is 9.50 Å². The standard InChI is InChI=1S/C13H18ClFO/c1-8(2)12(9(3)16)7-10-6-11(15)4-5-13(10)14/h4-6,8-9,12,16H,7H2,1-3H3. The highest BCUT2D eigenvalue weighted by molar-refractivity contribution is 6.31. The zero-order chi connectivity index (χ0) is 12.3. The van der Waals surface area contributed by atoms with Crippen LogP contribution in [-0.2, 0) is 6.42 Å². The molecule has 0 bridgehead atoms. The monoisotopic (exact) mass is 244 g/mol. The number of rotatable bonds is 4. The van der Waals surface area contributed by atoms with Crippen molar-refractivity contribution in [3.8, 4) is 0 Å². The van der Waals surface area contributed by atoms with Crippen LogP contribution in [0.25, 0.3) is 0 Å². The molecule has 3 heteroatoms. The summed E-state index contributed by atoms with van der Waals surface area (Å²) in [6.45, 7) is 5.85. The Morgan fingerprint density at radius 3 is 2.44 bits per heavy atom. The van der Waals surface area contributed by atoms with Crippen LogP contribution in [-0.4, -0.2) is 11.2 Å². The average molecular weight is 245 g/mol. The zero-order valence-corrected chi connectivity index (χ0v) is 10.6. The van der Waals surface area contributed by atoms with Gasteiger partial charge in [-0.2, -0.15) is 0 Å². The predicted molar refractivity (Wildman–Crippen MR) is 65.1 cm³/mol. The summed E-state index contributed by atoms with van der Waals surface area (Å²) < 4.78 is 13.1. The molecule has 0 saturated carbocycles. The van der Waals surface area contributed by atoms with Gasteiger partial charge in [-0.15, -0.1) is 0 Å². The molecule has 0 heterocycles. The van der Waals surface area contributed by atoms with E-state index in [0.717, 1.165) is 5.56 Å². The van der Waals surface area contributed by atoms with E-state index in [1.165, 1.54) is 12.1 Å². The molecule has 1 aromatic rings. The molecule has 1 aromatic carbocycles. The smallest absolute Gasteiger partial charge is 0.123 e. The van der Waals surface area contributed by atoms with Crippen molar-refractivity contribution in [1.29, 1.82) is 0 Å². The van der Waals surface area contributed by atoms with E-state index >= 15 is 0 Å². The van der Waals surface area contributed by atoms with Gasteiger partial charge in [0.2, 0.25) is 0 Å². The second kappa shape index (κ2) is 5.65. The van der Waals surface area contributed by atoms with E-state index in [4.69, 9.17) is 11.6 Å². The second-order valence-corrected chi connectivity index (χ2v) is 5.00. The van der Waals surface area contributed by atoms with Crippen molar-refractivity contribution in [3.05, 3.63) is 34.6 Å².